The molecule has 3 aromatic carbocycles. The Hall–Kier alpha value is -2.54. The van der Waals surface area contributed by atoms with Crippen molar-refractivity contribution in [3.8, 4) is 0 Å². The number of amides is 1. The maximum absolute atomic E-state index is 14.1. The van der Waals surface area contributed by atoms with Gasteiger partial charge in [0.1, 0.15) is 11.3 Å². The van der Waals surface area contributed by atoms with E-state index in [4.69, 9.17) is 23.2 Å². The van der Waals surface area contributed by atoms with Gasteiger partial charge >= 0.3 is 0 Å². The van der Waals surface area contributed by atoms with Crippen molar-refractivity contribution in [2.24, 2.45) is 0 Å². The lowest BCUT2D eigenvalue weighted by molar-refractivity contribution is 0.0985. The zero-order valence-corrected chi connectivity index (χ0v) is 17.0. The molecule has 0 fully saturated rings. The summed E-state index contributed by atoms with van der Waals surface area (Å²) in [7, 11) is 0. The van der Waals surface area contributed by atoms with E-state index in [1.54, 1.807) is 6.07 Å². The number of carbonyl (C=O) groups is 1. The second-order valence-electron chi connectivity index (χ2n) is 6.23. The van der Waals surface area contributed by atoms with Crippen molar-refractivity contribution in [2.45, 2.75) is 6.54 Å². The molecule has 29 heavy (non-hydrogen) atoms. The highest BCUT2D eigenvalue weighted by atomic mass is 35.5. The molecule has 0 aliphatic rings. The van der Waals surface area contributed by atoms with Gasteiger partial charge in [0.15, 0.2) is 10.9 Å². The Balaban J connectivity index is 1.82. The lowest BCUT2D eigenvalue weighted by atomic mass is 10.1. The molecule has 146 valence electrons. The summed E-state index contributed by atoms with van der Waals surface area (Å²) in [6, 6.07) is 15.8. The van der Waals surface area contributed by atoms with E-state index in [-0.39, 0.29) is 27.8 Å². The smallest absolute Gasteiger partial charge is 0.261 e. The highest BCUT2D eigenvalue weighted by Gasteiger charge is 2.24. The summed E-state index contributed by atoms with van der Waals surface area (Å²) < 4.78 is 28.1. The summed E-state index contributed by atoms with van der Waals surface area (Å²) in [5.41, 5.74) is 1.09. The summed E-state index contributed by atoms with van der Waals surface area (Å²) >= 11 is 13.2. The van der Waals surface area contributed by atoms with E-state index in [0.29, 0.717) is 9.72 Å². The van der Waals surface area contributed by atoms with Gasteiger partial charge in [-0.05, 0) is 29.8 Å². The van der Waals surface area contributed by atoms with Gasteiger partial charge in [-0.15, -0.1) is 0 Å². The van der Waals surface area contributed by atoms with Crippen LogP contribution in [0.3, 0.4) is 0 Å². The predicted molar refractivity (Wildman–Crippen MR) is 113 cm³/mol. The minimum atomic E-state index is -0.779. The van der Waals surface area contributed by atoms with Gasteiger partial charge in [0.2, 0.25) is 0 Å². The van der Waals surface area contributed by atoms with Crippen molar-refractivity contribution in [3.05, 3.63) is 93.5 Å². The molecule has 0 atom stereocenters. The number of hydrogen-bond donors (Lipinski definition) is 0. The van der Waals surface area contributed by atoms with E-state index in [2.05, 4.69) is 4.98 Å². The number of halogens is 4. The van der Waals surface area contributed by atoms with Gasteiger partial charge in [-0.2, -0.15) is 0 Å². The zero-order valence-electron chi connectivity index (χ0n) is 14.7. The SMILES string of the molecule is O=C(c1ccc(Cl)cc1Cl)N(Cc1ccccc1)c1nc2c(F)cc(F)cc2s1. The number of fused-ring (bicyclic) bond motifs is 1. The van der Waals surface area contributed by atoms with E-state index in [9.17, 15) is 13.6 Å². The molecule has 0 saturated carbocycles. The average Bonchev–Trinajstić information content (AvgIpc) is 3.10. The highest BCUT2D eigenvalue weighted by molar-refractivity contribution is 7.22. The first-order chi connectivity index (χ1) is 13.9. The fourth-order valence-corrected chi connectivity index (χ4v) is 4.35. The molecule has 1 aromatic heterocycles. The number of hydrogen-bond acceptors (Lipinski definition) is 3. The largest absolute Gasteiger partial charge is 0.279 e. The van der Waals surface area contributed by atoms with Crippen LogP contribution < -0.4 is 4.90 Å². The Morgan fingerprint density at radius 3 is 2.52 bits per heavy atom. The Morgan fingerprint density at radius 1 is 1.03 bits per heavy atom. The summed E-state index contributed by atoms with van der Waals surface area (Å²) in [5, 5.41) is 0.835. The Labute approximate surface area is 179 Å². The third kappa shape index (κ3) is 4.10. The first kappa shape index (κ1) is 19.8. The normalized spacial score (nSPS) is 11.0. The van der Waals surface area contributed by atoms with Crippen molar-refractivity contribution >= 4 is 55.8 Å². The first-order valence-electron chi connectivity index (χ1n) is 8.49. The van der Waals surface area contributed by atoms with Crippen molar-refractivity contribution in [1.82, 2.24) is 4.98 Å². The van der Waals surface area contributed by atoms with Gasteiger partial charge in [-0.3, -0.25) is 9.69 Å². The molecular formula is C21H12Cl2F2N2OS. The second-order valence-corrected chi connectivity index (χ2v) is 8.08. The number of thiazole rings is 1. The molecule has 0 bridgehead atoms. The molecule has 1 amide bonds. The quantitative estimate of drug-likeness (QED) is 0.346. The van der Waals surface area contributed by atoms with Crippen molar-refractivity contribution < 1.29 is 13.6 Å². The minimum absolute atomic E-state index is 0.0134. The molecule has 4 rings (SSSR count). The van der Waals surface area contributed by atoms with Crippen LogP contribution in [0.2, 0.25) is 10.0 Å². The molecule has 0 spiro atoms. The Bertz CT molecular complexity index is 1210. The van der Waals surface area contributed by atoms with Gasteiger partial charge in [0, 0.05) is 11.1 Å². The third-order valence-corrected chi connectivity index (χ3v) is 5.80. The number of rotatable bonds is 4. The van der Waals surface area contributed by atoms with Crippen LogP contribution >= 0.6 is 34.5 Å². The fourth-order valence-electron chi connectivity index (χ4n) is 2.86. The molecule has 0 N–H and O–H groups in total. The predicted octanol–water partition coefficient (Wildman–Crippen LogP) is 6.73. The third-order valence-electron chi connectivity index (χ3n) is 4.22. The number of carbonyl (C=O) groups excluding carboxylic acids is 1. The van der Waals surface area contributed by atoms with E-state index in [0.717, 1.165) is 23.0 Å². The maximum Gasteiger partial charge on any atom is 0.261 e. The van der Waals surface area contributed by atoms with E-state index in [1.165, 1.54) is 23.1 Å². The average molecular weight is 449 g/mol. The number of anilines is 1. The summed E-state index contributed by atoms with van der Waals surface area (Å²) in [5.74, 6) is -1.90. The molecule has 8 heteroatoms. The topological polar surface area (TPSA) is 33.2 Å². The van der Waals surface area contributed by atoms with E-state index in [1.807, 2.05) is 30.3 Å². The minimum Gasteiger partial charge on any atom is -0.279 e. The van der Waals surface area contributed by atoms with Gasteiger partial charge in [-0.25, -0.2) is 13.8 Å². The maximum atomic E-state index is 14.1. The van der Waals surface area contributed by atoms with Crippen molar-refractivity contribution in [3.63, 3.8) is 0 Å². The number of benzene rings is 3. The van der Waals surface area contributed by atoms with Crippen molar-refractivity contribution in [1.29, 1.82) is 0 Å². The molecule has 3 nitrogen and oxygen atoms in total. The van der Waals surface area contributed by atoms with Crippen molar-refractivity contribution in [2.75, 3.05) is 4.90 Å². The van der Waals surface area contributed by atoms with Gasteiger partial charge in [0.25, 0.3) is 5.91 Å². The molecule has 0 saturated heterocycles. The molecule has 0 aliphatic carbocycles. The summed E-state index contributed by atoms with van der Waals surface area (Å²) in [6.07, 6.45) is 0. The molecule has 0 unspecified atom stereocenters. The number of nitrogens with zero attached hydrogens (tertiary/aromatic N) is 2. The van der Waals surface area contributed by atoms with Crippen LogP contribution in [-0.2, 0) is 6.54 Å². The van der Waals surface area contributed by atoms with E-state index < -0.39 is 17.5 Å². The van der Waals surface area contributed by atoms with Crippen LogP contribution in [0.1, 0.15) is 15.9 Å². The monoisotopic (exact) mass is 448 g/mol. The fraction of sp³-hybridized carbons (Fsp3) is 0.0476. The summed E-state index contributed by atoms with van der Waals surface area (Å²) in [6.45, 7) is 0.183. The molecular weight excluding hydrogens is 437 g/mol. The molecule has 0 radical (unpaired) electrons. The second kappa shape index (κ2) is 8.06. The standard InChI is InChI=1S/C21H12Cl2F2N2OS/c22-13-6-7-15(16(23)8-13)20(28)27(11-12-4-2-1-3-5-12)21-26-19-17(25)9-14(24)10-18(19)29-21/h1-10H,11H2. The zero-order chi connectivity index (χ0) is 20.5. The van der Waals surface area contributed by atoms with E-state index >= 15 is 0 Å². The van der Waals surface area contributed by atoms with Gasteiger partial charge in [0.05, 0.1) is 21.8 Å². The Kier molecular flexibility index (Phi) is 5.50. The van der Waals surface area contributed by atoms with Crippen LogP contribution in [0.4, 0.5) is 13.9 Å². The van der Waals surface area contributed by atoms with Crippen LogP contribution in [-0.4, -0.2) is 10.9 Å². The lowest BCUT2D eigenvalue weighted by Crippen LogP contribution is -2.30. The van der Waals surface area contributed by atoms with Gasteiger partial charge < -0.3 is 0 Å². The molecule has 1 heterocycles. The first-order valence-corrected chi connectivity index (χ1v) is 10.1. The molecule has 0 aliphatic heterocycles. The van der Waals surface area contributed by atoms with Crippen LogP contribution in [0.5, 0.6) is 0 Å². The van der Waals surface area contributed by atoms with Gasteiger partial charge in [-0.1, -0.05) is 64.9 Å². The highest BCUT2D eigenvalue weighted by Crippen LogP contribution is 2.34. The number of aromatic nitrogens is 1. The lowest BCUT2D eigenvalue weighted by Gasteiger charge is -2.20. The molecule has 4 aromatic rings. The van der Waals surface area contributed by atoms with Crippen LogP contribution in [0, 0.1) is 11.6 Å². The summed E-state index contributed by atoms with van der Waals surface area (Å²) in [4.78, 5) is 19.0. The Morgan fingerprint density at radius 2 is 1.79 bits per heavy atom. The van der Waals surface area contributed by atoms with Crippen LogP contribution in [0.15, 0.2) is 60.7 Å². The van der Waals surface area contributed by atoms with Crippen LogP contribution in [0.25, 0.3) is 10.2 Å².